The van der Waals surface area contributed by atoms with Crippen LogP contribution in [0.25, 0.3) is 0 Å². The summed E-state index contributed by atoms with van der Waals surface area (Å²) in [7, 11) is 1.64. The molecule has 158 valence electrons. The Bertz CT molecular complexity index is 966. The maximum atomic E-state index is 11.5. The summed E-state index contributed by atoms with van der Waals surface area (Å²) in [6.07, 6.45) is 5.69. The van der Waals surface area contributed by atoms with Crippen LogP contribution in [0.2, 0.25) is 0 Å². The zero-order valence-corrected chi connectivity index (χ0v) is 17.5. The highest BCUT2D eigenvalue weighted by atomic mass is 35.5. The third kappa shape index (κ3) is 7.19. The molecule has 0 spiro atoms. The van der Waals surface area contributed by atoms with Crippen LogP contribution in [0, 0.1) is 5.41 Å². The van der Waals surface area contributed by atoms with Crippen LogP contribution < -0.4 is 16.0 Å². The van der Waals surface area contributed by atoms with Gasteiger partial charge < -0.3 is 26.1 Å². The van der Waals surface area contributed by atoms with Gasteiger partial charge in [-0.3, -0.25) is 9.48 Å². The summed E-state index contributed by atoms with van der Waals surface area (Å²) < 4.78 is 6.79. The maximum absolute atomic E-state index is 11.5. The molecule has 0 radical (unpaired) electrons. The number of hydrogen-bond donors (Lipinski definition) is 4. The van der Waals surface area contributed by atoms with E-state index in [4.69, 9.17) is 21.7 Å². The second-order valence-electron chi connectivity index (χ2n) is 6.05. The number of benzene rings is 1. The normalized spacial score (nSPS) is 12.0. The number of hydrogen-bond acceptors (Lipinski definition) is 6. The van der Waals surface area contributed by atoms with Crippen molar-refractivity contribution in [3.8, 4) is 0 Å². The fourth-order valence-electron chi connectivity index (χ4n) is 2.35. The molecule has 0 aliphatic rings. The molecule has 30 heavy (non-hydrogen) atoms. The summed E-state index contributed by atoms with van der Waals surface area (Å²) in [6, 6.07) is 7.01. The summed E-state index contributed by atoms with van der Waals surface area (Å²) in [5.41, 5.74) is 1.97. The largest absolute Gasteiger partial charge is 0.383 e. The summed E-state index contributed by atoms with van der Waals surface area (Å²) in [5, 5.41) is 20.7. The number of anilines is 3. The highest BCUT2D eigenvalue weighted by molar-refractivity contribution is 6.39. The number of halogens is 1. The Hall–Kier alpha value is -3.43. The minimum Gasteiger partial charge on any atom is -0.383 e. The lowest BCUT2D eigenvalue weighted by Gasteiger charge is -2.11. The molecule has 1 aromatic carbocycles. The number of carbonyl (C=O) groups excluding carboxylic acids is 1. The molecule has 0 bridgehead atoms. The molecule has 0 aliphatic carbocycles. The molecule has 0 aliphatic heterocycles. The summed E-state index contributed by atoms with van der Waals surface area (Å²) in [5.74, 6) is 0.500. The van der Waals surface area contributed by atoms with E-state index in [2.05, 4.69) is 32.6 Å². The number of ether oxygens (including phenoxy) is 1. The SMILES string of the molecule is C=CC(=O)Nc1cccc(NC(/N=C(\C)Nc2cnn(CCOC)c2)=C(\Cl)C=N)c1. The van der Waals surface area contributed by atoms with Gasteiger partial charge in [-0.05, 0) is 31.2 Å². The zero-order chi connectivity index (χ0) is 21.9. The lowest BCUT2D eigenvalue weighted by atomic mass is 10.2. The molecule has 1 amide bonds. The number of nitrogens with one attached hydrogen (secondary N) is 4. The molecule has 1 aromatic heterocycles. The Morgan fingerprint density at radius 1 is 1.33 bits per heavy atom. The van der Waals surface area contributed by atoms with Crippen LogP contribution >= 0.6 is 11.6 Å². The van der Waals surface area contributed by atoms with Crippen LogP contribution in [0.4, 0.5) is 17.1 Å². The van der Waals surface area contributed by atoms with E-state index < -0.39 is 0 Å². The van der Waals surface area contributed by atoms with E-state index >= 15 is 0 Å². The van der Waals surface area contributed by atoms with E-state index in [1.165, 1.54) is 6.08 Å². The van der Waals surface area contributed by atoms with Gasteiger partial charge in [0.25, 0.3) is 0 Å². The van der Waals surface area contributed by atoms with Gasteiger partial charge in [0.15, 0.2) is 5.82 Å². The summed E-state index contributed by atoms with van der Waals surface area (Å²) >= 11 is 6.16. The Morgan fingerprint density at radius 3 is 2.73 bits per heavy atom. The van der Waals surface area contributed by atoms with Gasteiger partial charge in [-0.1, -0.05) is 24.2 Å². The van der Waals surface area contributed by atoms with E-state index in [9.17, 15) is 4.79 Å². The predicted molar refractivity (Wildman–Crippen MR) is 121 cm³/mol. The lowest BCUT2D eigenvalue weighted by molar-refractivity contribution is -0.111. The molecule has 9 nitrogen and oxygen atoms in total. The first-order chi connectivity index (χ1) is 14.4. The van der Waals surface area contributed by atoms with Crippen molar-refractivity contribution in [1.29, 1.82) is 5.41 Å². The van der Waals surface area contributed by atoms with Gasteiger partial charge in [-0.25, -0.2) is 4.99 Å². The first-order valence-corrected chi connectivity index (χ1v) is 9.37. The van der Waals surface area contributed by atoms with Crippen molar-refractivity contribution >= 4 is 46.6 Å². The number of nitrogens with zero attached hydrogens (tertiary/aromatic N) is 3. The number of carbonyl (C=O) groups is 1. The molecule has 0 fully saturated rings. The van der Waals surface area contributed by atoms with Crippen molar-refractivity contribution in [3.63, 3.8) is 0 Å². The highest BCUT2D eigenvalue weighted by Crippen LogP contribution is 2.20. The smallest absolute Gasteiger partial charge is 0.247 e. The van der Waals surface area contributed by atoms with Crippen LogP contribution in [0.3, 0.4) is 0 Å². The van der Waals surface area contributed by atoms with Crippen molar-refractivity contribution in [2.75, 3.05) is 29.7 Å². The first-order valence-electron chi connectivity index (χ1n) is 8.99. The van der Waals surface area contributed by atoms with Crippen LogP contribution in [0.15, 0.2) is 65.2 Å². The lowest BCUT2D eigenvalue weighted by Crippen LogP contribution is -2.11. The molecule has 1 heterocycles. The van der Waals surface area contributed by atoms with Crippen LogP contribution in [-0.2, 0) is 16.1 Å². The van der Waals surface area contributed by atoms with Crippen molar-refractivity contribution in [3.05, 3.63) is 60.2 Å². The Morgan fingerprint density at radius 2 is 2.07 bits per heavy atom. The van der Waals surface area contributed by atoms with E-state index in [1.807, 2.05) is 6.20 Å². The summed E-state index contributed by atoms with van der Waals surface area (Å²) in [4.78, 5) is 15.9. The number of amides is 1. The van der Waals surface area contributed by atoms with Crippen molar-refractivity contribution in [1.82, 2.24) is 9.78 Å². The molecule has 2 rings (SSSR count). The molecular weight excluding hydrogens is 406 g/mol. The average molecular weight is 430 g/mol. The van der Waals surface area contributed by atoms with E-state index in [1.54, 1.807) is 49.2 Å². The number of allylic oxidation sites excluding steroid dienone is 1. The molecular formula is C20H24ClN7O2. The minimum absolute atomic E-state index is 0.118. The second kappa shape index (κ2) is 11.5. The van der Waals surface area contributed by atoms with Gasteiger partial charge in [-0.15, -0.1) is 0 Å². The zero-order valence-electron chi connectivity index (χ0n) is 16.8. The van der Waals surface area contributed by atoms with Crippen LogP contribution in [0.5, 0.6) is 0 Å². The number of amidine groups is 1. The second-order valence-corrected chi connectivity index (χ2v) is 6.45. The molecule has 0 atom stereocenters. The van der Waals surface area contributed by atoms with Gasteiger partial charge in [-0.2, -0.15) is 5.10 Å². The number of methoxy groups -OCH3 is 1. The van der Waals surface area contributed by atoms with Crippen LogP contribution in [-0.4, -0.2) is 41.5 Å². The maximum Gasteiger partial charge on any atom is 0.247 e. The molecule has 4 N–H and O–H groups in total. The number of aromatic nitrogens is 2. The van der Waals surface area contributed by atoms with Crippen molar-refractivity contribution < 1.29 is 9.53 Å². The van der Waals surface area contributed by atoms with E-state index in [-0.39, 0.29) is 16.8 Å². The van der Waals surface area contributed by atoms with Gasteiger partial charge in [0.05, 0.1) is 25.0 Å². The fourth-order valence-corrected chi connectivity index (χ4v) is 2.44. The van der Waals surface area contributed by atoms with Gasteiger partial charge in [0.1, 0.15) is 10.9 Å². The molecule has 0 saturated heterocycles. The molecule has 10 heteroatoms. The fraction of sp³-hybridized carbons (Fsp3) is 0.200. The number of rotatable bonds is 10. The van der Waals surface area contributed by atoms with Gasteiger partial charge >= 0.3 is 0 Å². The third-order valence-electron chi connectivity index (χ3n) is 3.69. The van der Waals surface area contributed by atoms with Crippen LogP contribution in [0.1, 0.15) is 6.92 Å². The van der Waals surface area contributed by atoms with E-state index in [0.29, 0.717) is 30.4 Å². The van der Waals surface area contributed by atoms with Gasteiger partial charge in [0.2, 0.25) is 5.91 Å². The van der Waals surface area contributed by atoms with E-state index in [0.717, 1.165) is 11.9 Å². The highest BCUT2D eigenvalue weighted by Gasteiger charge is 2.07. The monoisotopic (exact) mass is 429 g/mol. The molecule has 0 saturated carbocycles. The quantitative estimate of drug-likeness (QED) is 0.261. The number of aliphatic imine (C=N–C) groups is 1. The predicted octanol–water partition coefficient (Wildman–Crippen LogP) is 3.65. The average Bonchev–Trinajstić information content (AvgIpc) is 3.18. The minimum atomic E-state index is -0.315. The first kappa shape index (κ1) is 22.9. The van der Waals surface area contributed by atoms with Crippen molar-refractivity contribution in [2.24, 2.45) is 4.99 Å². The Kier molecular flexibility index (Phi) is 8.79. The topological polar surface area (TPSA) is 116 Å². The Labute approximate surface area is 180 Å². The Balaban J connectivity index is 2.15. The third-order valence-corrected chi connectivity index (χ3v) is 3.98. The standard InChI is InChI=1S/C20H24ClN7O2/c1-4-19(29)26-15-6-5-7-16(10-15)27-20(18(21)11-22)25-14(2)24-17-12-23-28(13-17)8-9-30-3/h4-7,10-13,22,27H,1,8-9H2,2-3H3,(H,24,25)(H,26,29)/b20-18-,22-11?. The molecule has 0 unspecified atom stereocenters. The summed E-state index contributed by atoms with van der Waals surface area (Å²) in [6.45, 7) is 6.40. The van der Waals surface area contributed by atoms with Gasteiger partial charge in [0, 0.05) is 30.9 Å². The molecule has 2 aromatic rings. The van der Waals surface area contributed by atoms with Crippen molar-refractivity contribution in [2.45, 2.75) is 13.5 Å².